The molecule has 0 aliphatic heterocycles. The van der Waals surface area contributed by atoms with E-state index in [1.807, 2.05) is 13.0 Å². The van der Waals surface area contributed by atoms with Gasteiger partial charge in [-0.15, -0.1) is 0 Å². The van der Waals surface area contributed by atoms with Crippen LogP contribution in [-0.4, -0.2) is 27.5 Å². The number of anilines is 1. The molecule has 1 aromatic rings. The van der Waals surface area contributed by atoms with Crippen molar-refractivity contribution in [3.05, 3.63) is 24.3 Å². The number of rotatable bonds is 7. The molecule has 0 heterocycles. The Hall–Kier alpha value is -1.11. The fourth-order valence-electron chi connectivity index (χ4n) is 2.72. The third-order valence-corrected chi connectivity index (χ3v) is 5.51. The molecule has 21 heavy (non-hydrogen) atoms. The first kappa shape index (κ1) is 16.3. The number of para-hydroxylation sites is 1. The van der Waals surface area contributed by atoms with Gasteiger partial charge in [-0.25, -0.2) is 13.1 Å². The summed E-state index contributed by atoms with van der Waals surface area (Å²) in [6.07, 6.45) is 4.10. The van der Waals surface area contributed by atoms with Crippen molar-refractivity contribution >= 4 is 15.7 Å². The minimum atomic E-state index is -3.46. The number of sulfonamides is 1. The van der Waals surface area contributed by atoms with Gasteiger partial charge < -0.3 is 11.1 Å². The molecule has 0 amide bonds. The number of nitrogens with two attached hydrogens (primary N) is 1. The van der Waals surface area contributed by atoms with Crippen LogP contribution >= 0.6 is 0 Å². The third-order valence-electron chi connectivity index (χ3n) is 3.99. The largest absolute Gasteiger partial charge is 0.384 e. The molecule has 2 unspecified atom stereocenters. The average molecular weight is 311 g/mol. The predicted molar refractivity (Wildman–Crippen MR) is 85.7 cm³/mol. The van der Waals surface area contributed by atoms with Crippen molar-refractivity contribution < 1.29 is 8.42 Å². The van der Waals surface area contributed by atoms with Crippen LogP contribution in [0.3, 0.4) is 0 Å². The number of benzene rings is 1. The van der Waals surface area contributed by atoms with Crippen molar-refractivity contribution in [3.63, 3.8) is 0 Å². The van der Waals surface area contributed by atoms with Crippen LogP contribution in [0.5, 0.6) is 0 Å². The highest BCUT2D eigenvalue weighted by Gasteiger charge is 2.24. The first-order valence-corrected chi connectivity index (χ1v) is 9.11. The van der Waals surface area contributed by atoms with Crippen molar-refractivity contribution in [1.29, 1.82) is 0 Å². The van der Waals surface area contributed by atoms with Gasteiger partial charge in [-0.3, -0.25) is 0 Å². The fraction of sp³-hybridized carbons (Fsp3) is 0.600. The summed E-state index contributed by atoms with van der Waals surface area (Å²) in [6.45, 7) is 3.11. The van der Waals surface area contributed by atoms with Gasteiger partial charge in [0.25, 0.3) is 0 Å². The van der Waals surface area contributed by atoms with Crippen LogP contribution in [-0.2, 0) is 10.0 Å². The molecule has 6 heteroatoms. The molecule has 1 saturated carbocycles. The van der Waals surface area contributed by atoms with E-state index < -0.39 is 10.0 Å². The Morgan fingerprint density at radius 2 is 2.05 bits per heavy atom. The summed E-state index contributed by atoms with van der Waals surface area (Å²) >= 11 is 0. The van der Waals surface area contributed by atoms with Crippen LogP contribution in [0.2, 0.25) is 0 Å². The highest BCUT2D eigenvalue weighted by Crippen LogP contribution is 2.26. The van der Waals surface area contributed by atoms with Crippen molar-refractivity contribution in [2.75, 3.05) is 18.4 Å². The zero-order chi connectivity index (χ0) is 15.3. The Morgan fingerprint density at radius 1 is 1.29 bits per heavy atom. The molecule has 1 aliphatic rings. The molecule has 2 rings (SSSR count). The Kier molecular flexibility index (Phi) is 5.61. The lowest BCUT2D eigenvalue weighted by molar-refractivity contribution is 0.504. The van der Waals surface area contributed by atoms with Crippen LogP contribution in [0.1, 0.15) is 32.6 Å². The van der Waals surface area contributed by atoms with E-state index in [2.05, 4.69) is 10.0 Å². The quantitative estimate of drug-likeness (QED) is 0.718. The summed E-state index contributed by atoms with van der Waals surface area (Å²) in [5.74, 6) is 0.421. The fourth-order valence-corrected chi connectivity index (χ4v) is 4.04. The number of hydrogen-bond donors (Lipinski definition) is 3. The molecule has 1 fully saturated rings. The van der Waals surface area contributed by atoms with E-state index in [1.54, 1.807) is 18.2 Å². The van der Waals surface area contributed by atoms with Crippen LogP contribution in [0.4, 0.5) is 5.69 Å². The van der Waals surface area contributed by atoms with Gasteiger partial charge in [-0.2, -0.15) is 0 Å². The molecular weight excluding hydrogens is 286 g/mol. The van der Waals surface area contributed by atoms with Gasteiger partial charge in [-0.1, -0.05) is 25.5 Å². The van der Waals surface area contributed by atoms with Crippen molar-refractivity contribution in [1.82, 2.24) is 4.72 Å². The minimum Gasteiger partial charge on any atom is -0.384 e. The highest BCUT2D eigenvalue weighted by atomic mass is 32.2. The van der Waals surface area contributed by atoms with Gasteiger partial charge in [0.2, 0.25) is 10.0 Å². The zero-order valence-electron chi connectivity index (χ0n) is 12.5. The molecule has 0 bridgehead atoms. The average Bonchev–Trinajstić information content (AvgIpc) is 2.88. The topological polar surface area (TPSA) is 84.2 Å². The van der Waals surface area contributed by atoms with Gasteiger partial charge >= 0.3 is 0 Å². The summed E-state index contributed by atoms with van der Waals surface area (Å²) in [6, 6.07) is 7.25. The van der Waals surface area contributed by atoms with E-state index in [-0.39, 0.29) is 6.04 Å². The summed E-state index contributed by atoms with van der Waals surface area (Å²) in [5, 5.41) is 3.27. The second kappa shape index (κ2) is 7.24. The second-order valence-electron chi connectivity index (χ2n) is 5.63. The van der Waals surface area contributed by atoms with Crippen LogP contribution < -0.4 is 15.8 Å². The maximum Gasteiger partial charge on any atom is 0.242 e. The maximum absolute atomic E-state index is 12.3. The molecule has 2 atom stereocenters. The predicted octanol–water partition coefficient (Wildman–Crippen LogP) is 1.91. The summed E-state index contributed by atoms with van der Waals surface area (Å²) < 4.78 is 27.2. The van der Waals surface area contributed by atoms with Crippen LogP contribution in [0.25, 0.3) is 0 Å². The van der Waals surface area contributed by atoms with Crippen molar-refractivity contribution in [2.24, 2.45) is 11.7 Å². The zero-order valence-corrected chi connectivity index (χ0v) is 13.3. The summed E-state index contributed by atoms with van der Waals surface area (Å²) in [7, 11) is -3.46. The van der Waals surface area contributed by atoms with Gasteiger partial charge in [0.15, 0.2) is 0 Å². The number of nitrogens with one attached hydrogen (secondary N) is 2. The molecule has 0 radical (unpaired) electrons. The monoisotopic (exact) mass is 311 g/mol. The lowest BCUT2D eigenvalue weighted by atomic mass is 10.0. The second-order valence-corrected chi connectivity index (χ2v) is 7.37. The van der Waals surface area contributed by atoms with E-state index >= 15 is 0 Å². The first-order valence-electron chi connectivity index (χ1n) is 7.62. The molecular formula is C15H25N3O2S. The molecule has 5 nitrogen and oxygen atoms in total. The van der Waals surface area contributed by atoms with E-state index in [4.69, 9.17) is 5.73 Å². The van der Waals surface area contributed by atoms with E-state index in [0.29, 0.717) is 23.0 Å². The molecule has 4 N–H and O–H groups in total. The van der Waals surface area contributed by atoms with Gasteiger partial charge in [0, 0.05) is 19.1 Å². The van der Waals surface area contributed by atoms with Crippen molar-refractivity contribution in [2.45, 2.75) is 43.5 Å². The minimum absolute atomic E-state index is 0.222. The molecule has 118 valence electrons. The Morgan fingerprint density at radius 3 is 2.71 bits per heavy atom. The van der Waals surface area contributed by atoms with E-state index in [1.165, 1.54) is 0 Å². The third kappa shape index (κ3) is 4.18. The Labute approximate surface area is 127 Å². The standard InChI is InChI=1S/C15H25N3O2S/c1-2-10-18-21(19,20)15-9-4-3-8-14(15)17-11-12-6-5-7-13(12)16/h3-4,8-9,12-13,17-18H,2,5-7,10-11,16H2,1H3. The molecule has 1 aromatic carbocycles. The normalized spacial score (nSPS) is 22.4. The SMILES string of the molecule is CCCNS(=O)(=O)c1ccccc1NCC1CCCC1N. The van der Waals surface area contributed by atoms with Crippen LogP contribution in [0.15, 0.2) is 29.2 Å². The Balaban J connectivity index is 2.09. The van der Waals surface area contributed by atoms with E-state index in [9.17, 15) is 8.42 Å². The van der Waals surface area contributed by atoms with E-state index in [0.717, 1.165) is 32.2 Å². The van der Waals surface area contributed by atoms with Gasteiger partial charge in [0.1, 0.15) is 4.90 Å². The molecule has 1 aliphatic carbocycles. The van der Waals surface area contributed by atoms with Gasteiger partial charge in [-0.05, 0) is 37.3 Å². The van der Waals surface area contributed by atoms with Gasteiger partial charge in [0.05, 0.1) is 5.69 Å². The first-order chi connectivity index (χ1) is 10.0. The van der Waals surface area contributed by atoms with Crippen LogP contribution in [0, 0.1) is 5.92 Å². The number of hydrogen-bond acceptors (Lipinski definition) is 4. The Bertz CT molecular complexity index is 560. The lowest BCUT2D eigenvalue weighted by Crippen LogP contribution is -2.30. The maximum atomic E-state index is 12.3. The molecule has 0 saturated heterocycles. The summed E-state index contributed by atoms with van der Waals surface area (Å²) in [5.41, 5.74) is 6.72. The summed E-state index contributed by atoms with van der Waals surface area (Å²) in [4.78, 5) is 0.310. The highest BCUT2D eigenvalue weighted by molar-refractivity contribution is 7.89. The van der Waals surface area contributed by atoms with Crippen molar-refractivity contribution in [3.8, 4) is 0 Å². The molecule has 0 aromatic heterocycles. The smallest absolute Gasteiger partial charge is 0.242 e. The lowest BCUT2D eigenvalue weighted by Gasteiger charge is -2.18. The molecule has 0 spiro atoms.